The smallest absolute Gasteiger partial charge is 0.268 e. The van der Waals surface area contributed by atoms with Gasteiger partial charge < -0.3 is 9.88 Å². The lowest BCUT2D eigenvalue weighted by molar-refractivity contribution is 0.0900. The molecule has 2 fully saturated rings. The fourth-order valence-corrected chi connectivity index (χ4v) is 3.55. The Morgan fingerprint density at radius 2 is 2.16 bits per heavy atom. The highest BCUT2D eigenvalue weighted by atomic mass is 79.9. The van der Waals surface area contributed by atoms with Gasteiger partial charge in [-0.2, -0.15) is 0 Å². The molecule has 3 nitrogen and oxygen atoms in total. The van der Waals surface area contributed by atoms with Crippen molar-refractivity contribution < 1.29 is 4.79 Å². The third-order valence-electron chi connectivity index (χ3n) is 4.55. The minimum absolute atomic E-state index is 0.0811. The average Bonchev–Trinajstić information content (AvgIpc) is 3.03. The maximum absolute atomic E-state index is 12.5. The van der Waals surface area contributed by atoms with Crippen molar-refractivity contribution in [3.8, 4) is 0 Å². The predicted molar refractivity (Wildman–Crippen MR) is 79.3 cm³/mol. The minimum Gasteiger partial charge on any atom is -0.347 e. The van der Waals surface area contributed by atoms with Gasteiger partial charge in [0.05, 0.1) is 0 Å². The molecule has 1 aromatic heterocycles. The zero-order valence-electron chi connectivity index (χ0n) is 11.6. The van der Waals surface area contributed by atoms with Gasteiger partial charge in [0.2, 0.25) is 0 Å². The van der Waals surface area contributed by atoms with Gasteiger partial charge in [-0.3, -0.25) is 4.79 Å². The number of amides is 1. The second-order valence-electron chi connectivity index (χ2n) is 6.59. The van der Waals surface area contributed by atoms with E-state index in [1.165, 1.54) is 25.7 Å². The first-order valence-electron chi connectivity index (χ1n) is 7.15. The largest absolute Gasteiger partial charge is 0.347 e. The van der Waals surface area contributed by atoms with Crippen LogP contribution in [0.15, 0.2) is 16.7 Å². The van der Waals surface area contributed by atoms with Crippen molar-refractivity contribution in [3.63, 3.8) is 0 Å². The lowest BCUT2D eigenvalue weighted by Gasteiger charge is -2.27. The maximum Gasteiger partial charge on any atom is 0.268 e. The summed E-state index contributed by atoms with van der Waals surface area (Å²) in [7, 11) is 0. The van der Waals surface area contributed by atoms with Crippen LogP contribution in [-0.2, 0) is 0 Å². The number of nitrogens with one attached hydrogen (secondary N) is 1. The molecule has 2 saturated carbocycles. The summed E-state index contributed by atoms with van der Waals surface area (Å²) in [5, 5.41) is 3.24. The van der Waals surface area contributed by atoms with Crippen LogP contribution in [-0.4, -0.2) is 16.5 Å². The summed E-state index contributed by atoms with van der Waals surface area (Å²) < 4.78 is 3.12. The number of aromatic nitrogens is 1. The molecule has 0 saturated heterocycles. The Hall–Kier alpha value is -0.770. The summed E-state index contributed by atoms with van der Waals surface area (Å²) in [4.78, 5) is 12.5. The van der Waals surface area contributed by atoms with Gasteiger partial charge >= 0.3 is 0 Å². The standard InChI is InChI=1S/C15H21BrN2O/c1-15(2)7-3-4-13(15)17-14(19)12-8-10(16)9-18(12)11-5-6-11/h8-9,11,13H,3-7H2,1-2H3,(H,17,19). The molecule has 1 unspecified atom stereocenters. The number of halogens is 1. The fraction of sp³-hybridized carbons (Fsp3) is 0.667. The molecular formula is C15H21BrN2O. The molecule has 104 valence electrons. The molecule has 19 heavy (non-hydrogen) atoms. The van der Waals surface area contributed by atoms with Crippen molar-refractivity contribution in [1.82, 2.24) is 9.88 Å². The van der Waals surface area contributed by atoms with Crippen LogP contribution in [0, 0.1) is 5.41 Å². The highest BCUT2D eigenvalue weighted by molar-refractivity contribution is 9.10. The van der Waals surface area contributed by atoms with Gasteiger partial charge in [-0.25, -0.2) is 0 Å². The molecule has 1 heterocycles. The van der Waals surface area contributed by atoms with Crippen LogP contribution in [0.5, 0.6) is 0 Å². The van der Waals surface area contributed by atoms with Crippen LogP contribution < -0.4 is 5.32 Å². The number of carbonyl (C=O) groups is 1. The second kappa shape index (κ2) is 4.65. The van der Waals surface area contributed by atoms with Crippen molar-refractivity contribution in [3.05, 3.63) is 22.4 Å². The summed E-state index contributed by atoms with van der Waals surface area (Å²) in [6.07, 6.45) is 7.93. The van der Waals surface area contributed by atoms with Crippen LogP contribution in [0.1, 0.15) is 62.5 Å². The molecule has 1 atom stereocenters. The van der Waals surface area contributed by atoms with E-state index in [4.69, 9.17) is 0 Å². The summed E-state index contributed by atoms with van der Waals surface area (Å²) in [6.45, 7) is 4.50. The van der Waals surface area contributed by atoms with Gasteiger partial charge in [-0.05, 0) is 53.1 Å². The molecule has 4 heteroatoms. The van der Waals surface area contributed by atoms with E-state index >= 15 is 0 Å². The molecule has 1 N–H and O–H groups in total. The van der Waals surface area contributed by atoms with E-state index in [0.717, 1.165) is 16.6 Å². The fourth-order valence-electron chi connectivity index (χ4n) is 3.11. The van der Waals surface area contributed by atoms with E-state index < -0.39 is 0 Å². The summed E-state index contributed by atoms with van der Waals surface area (Å²) >= 11 is 3.48. The van der Waals surface area contributed by atoms with Crippen LogP contribution in [0.25, 0.3) is 0 Å². The number of hydrogen-bond donors (Lipinski definition) is 1. The van der Waals surface area contributed by atoms with Gasteiger partial charge in [0.15, 0.2) is 0 Å². The quantitative estimate of drug-likeness (QED) is 0.899. The Morgan fingerprint density at radius 3 is 2.74 bits per heavy atom. The maximum atomic E-state index is 12.5. The first kappa shape index (κ1) is 13.2. The van der Waals surface area contributed by atoms with E-state index in [0.29, 0.717) is 12.1 Å². The molecular weight excluding hydrogens is 304 g/mol. The topological polar surface area (TPSA) is 34.0 Å². The minimum atomic E-state index is 0.0811. The normalized spacial score (nSPS) is 25.5. The van der Waals surface area contributed by atoms with Gasteiger partial charge in [0.25, 0.3) is 5.91 Å². The third kappa shape index (κ3) is 2.60. The van der Waals surface area contributed by atoms with Crippen molar-refractivity contribution in [2.75, 3.05) is 0 Å². The van der Waals surface area contributed by atoms with Gasteiger partial charge in [-0.1, -0.05) is 20.3 Å². The molecule has 0 bridgehead atoms. The van der Waals surface area contributed by atoms with Crippen molar-refractivity contribution in [2.24, 2.45) is 5.41 Å². The molecule has 0 aliphatic heterocycles. The second-order valence-corrected chi connectivity index (χ2v) is 7.50. The van der Waals surface area contributed by atoms with Crippen molar-refractivity contribution in [2.45, 2.75) is 58.0 Å². The number of hydrogen-bond acceptors (Lipinski definition) is 1. The Kier molecular flexibility index (Phi) is 3.24. The molecule has 0 spiro atoms. The van der Waals surface area contributed by atoms with Crippen LogP contribution >= 0.6 is 15.9 Å². The van der Waals surface area contributed by atoms with Gasteiger partial charge in [0, 0.05) is 22.8 Å². The average molecular weight is 325 g/mol. The monoisotopic (exact) mass is 324 g/mol. The van der Waals surface area contributed by atoms with Gasteiger partial charge in [-0.15, -0.1) is 0 Å². The zero-order chi connectivity index (χ0) is 13.6. The van der Waals surface area contributed by atoms with Crippen molar-refractivity contribution in [1.29, 1.82) is 0 Å². The highest BCUT2D eigenvalue weighted by Gasteiger charge is 2.36. The Bertz CT molecular complexity index is 502. The first-order chi connectivity index (χ1) is 8.97. The molecule has 2 aliphatic carbocycles. The zero-order valence-corrected chi connectivity index (χ0v) is 13.2. The molecule has 1 amide bonds. The van der Waals surface area contributed by atoms with E-state index in [1.54, 1.807) is 0 Å². The molecule has 1 aromatic rings. The number of carbonyl (C=O) groups excluding carboxylic acids is 1. The Balaban J connectivity index is 1.77. The number of rotatable bonds is 3. The van der Waals surface area contributed by atoms with E-state index in [-0.39, 0.29) is 11.3 Å². The lowest BCUT2D eigenvalue weighted by atomic mass is 9.87. The van der Waals surface area contributed by atoms with E-state index in [1.807, 2.05) is 12.3 Å². The molecule has 0 radical (unpaired) electrons. The lowest BCUT2D eigenvalue weighted by Crippen LogP contribution is -2.42. The van der Waals surface area contributed by atoms with Crippen LogP contribution in [0.2, 0.25) is 0 Å². The molecule has 3 rings (SSSR count). The summed E-state index contributed by atoms with van der Waals surface area (Å²) in [5.74, 6) is 0.0811. The van der Waals surface area contributed by atoms with E-state index in [2.05, 4.69) is 39.7 Å². The summed E-state index contributed by atoms with van der Waals surface area (Å²) in [6, 6.07) is 2.78. The first-order valence-corrected chi connectivity index (χ1v) is 7.95. The van der Waals surface area contributed by atoms with Gasteiger partial charge in [0.1, 0.15) is 5.69 Å². The Labute approximate surface area is 122 Å². The SMILES string of the molecule is CC1(C)CCCC1NC(=O)c1cc(Br)cn1C1CC1. The molecule has 0 aromatic carbocycles. The van der Waals surface area contributed by atoms with Crippen molar-refractivity contribution >= 4 is 21.8 Å². The number of nitrogens with zero attached hydrogens (tertiary/aromatic N) is 1. The summed E-state index contributed by atoms with van der Waals surface area (Å²) in [5.41, 5.74) is 1.03. The molecule has 2 aliphatic rings. The van der Waals surface area contributed by atoms with Crippen LogP contribution in [0.3, 0.4) is 0 Å². The Morgan fingerprint density at radius 1 is 1.42 bits per heavy atom. The van der Waals surface area contributed by atoms with E-state index in [9.17, 15) is 4.79 Å². The highest BCUT2D eigenvalue weighted by Crippen LogP contribution is 2.39. The van der Waals surface area contributed by atoms with Crippen LogP contribution in [0.4, 0.5) is 0 Å². The third-order valence-corrected chi connectivity index (χ3v) is 4.98. The predicted octanol–water partition coefficient (Wildman–Crippen LogP) is 3.89.